The third kappa shape index (κ3) is 5.13. The van der Waals surface area contributed by atoms with Crippen molar-refractivity contribution in [2.45, 2.75) is 51.6 Å². The number of benzene rings is 1. The Morgan fingerprint density at radius 2 is 1.80 bits per heavy atom. The molecule has 0 fully saturated rings. The van der Waals surface area contributed by atoms with Gasteiger partial charge in [0.2, 0.25) is 0 Å². The van der Waals surface area contributed by atoms with E-state index in [0.29, 0.717) is 0 Å². The van der Waals surface area contributed by atoms with E-state index in [2.05, 4.69) is 5.32 Å². The van der Waals surface area contributed by atoms with E-state index in [1.165, 1.54) is 12.1 Å². The van der Waals surface area contributed by atoms with E-state index in [4.69, 9.17) is 4.74 Å². The van der Waals surface area contributed by atoms with Crippen molar-refractivity contribution in [3.63, 3.8) is 0 Å². The standard InChI is InChI=1S/C15H22F3NO/c1-11(9-14(2,3)20-4)19-10-12-7-5-6-8-13(12)15(16,17)18/h5-8,11,19H,9-10H2,1-4H3. The molecule has 1 aromatic rings. The monoisotopic (exact) mass is 289 g/mol. The van der Waals surface area contributed by atoms with Crippen LogP contribution in [0.5, 0.6) is 0 Å². The average molecular weight is 289 g/mol. The maximum Gasteiger partial charge on any atom is 0.416 e. The van der Waals surface area contributed by atoms with Crippen LogP contribution in [-0.2, 0) is 17.5 Å². The van der Waals surface area contributed by atoms with Crippen molar-refractivity contribution in [1.82, 2.24) is 5.32 Å². The molecule has 0 amide bonds. The average Bonchev–Trinajstić information content (AvgIpc) is 2.35. The molecule has 0 saturated carbocycles. The lowest BCUT2D eigenvalue weighted by Gasteiger charge is -2.27. The lowest BCUT2D eigenvalue weighted by molar-refractivity contribution is -0.138. The molecule has 20 heavy (non-hydrogen) atoms. The number of hydrogen-bond donors (Lipinski definition) is 1. The van der Waals surface area contributed by atoms with Gasteiger partial charge in [-0.25, -0.2) is 0 Å². The zero-order valence-corrected chi connectivity index (χ0v) is 12.3. The van der Waals surface area contributed by atoms with Gasteiger partial charge in [-0.3, -0.25) is 0 Å². The first-order valence-electron chi connectivity index (χ1n) is 6.59. The van der Waals surface area contributed by atoms with Gasteiger partial charge in [0.25, 0.3) is 0 Å². The molecule has 114 valence electrons. The lowest BCUT2D eigenvalue weighted by Crippen LogP contribution is -2.35. The topological polar surface area (TPSA) is 21.3 Å². The lowest BCUT2D eigenvalue weighted by atomic mass is 9.99. The van der Waals surface area contributed by atoms with Crippen molar-refractivity contribution in [1.29, 1.82) is 0 Å². The predicted molar refractivity (Wildman–Crippen MR) is 73.5 cm³/mol. The van der Waals surface area contributed by atoms with Crippen LogP contribution < -0.4 is 5.32 Å². The minimum absolute atomic E-state index is 0.0613. The first kappa shape index (κ1) is 17.0. The number of nitrogens with one attached hydrogen (secondary N) is 1. The van der Waals surface area contributed by atoms with Crippen LogP contribution in [0.25, 0.3) is 0 Å². The molecule has 0 aliphatic carbocycles. The molecular weight excluding hydrogens is 267 g/mol. The van der Waals surface area contributed by atoms with Gasteiger partial charge in [0.1, 0.15) is 0 Å². The fourth-order valence-corrected chi connectivity index (χ4v) is 2.13. The highest BCUT2D eigenvalue weighted by Crippen LogP contribution is 2.31. The number of rotatable bonds is 6. The Hall–Kier alpha value is -1.07. The zero-order chi connectivity index (χ0) is 15.4. The molecular formula is C15H22F3NO. The second-order valence-electron chi connectivity index (χ2n) is 5.60. The SMILES string of the molecule is COC(C)(C)CC(C)NCc1ccccc1C(F)(F)F. The highest BCUT2D eigenvalue weighted by atomic mass is 19.4. The molecule has 0 aliphatic heterocycles. The molecule has 0 aromatic heterocycles. The summed E-state index contributed by atoms with van der Waals surface area (Å²) in [6.07, 6.45) is -3.59. The Morgan fingerprint density at radius 3 is 2.35 bits per heavy atom. The van der Waals surface area contributed by atoms with E-state index in [9.17, 15) is 13.2 Å². The van der Waals surface area contributed by atoms with Crippen LogP contribution in [0, 0.1) is 0 Å². The van der Waals surface area contributed by atoms with Crippen LogP contribution in [0.2, 0.25) is 0 Å². The van der Waals surface area contributed by atoms with Crippen molar-refractivity contribution in [3.05, 3.63) is 35.4 Å². The minimum Gasteiger partial charge on any atom is -0.379 e. The number of hydrogen-bond acceptors (Lipinski definition) is 2. The van der Waals surface area contributed by atoms with E-state index in [0.717, 1.165) is 12.5 Å². The summed E-state index contributed by atoms with van der Waals surface area (Å²) in [5, 5.41) is 3.12. The highest BCUT2D eigenvalue weighted by Gasteiger charge is 2.32. The van der Waals surface area contributed by atoms with Gasteiger partial charge < -0.3 is 10.1 Å². The van der Waals surface area contributed by atoms with Gasteiger partial charge >= 0.3 is 6.18 Å². The van der Waals surface area contributed by atoms with Crippen molar-refractivity contribution >= 4 is 0 Å². The van der Waals surface area contributed by atoms with E-state index < -0.39 is 11.7 Å². The molecule has 1 N–H and O–H groups in total. The quantitative estimate of drug-likeness (QED) is 0.854. The normalized spacial score (nSPS) is 14.3. The first-order valence-corrected chi connectivity index (χ1v) is 6.59. The number of alkyl halides is 3. The Balaban J connectivity index is 2.67. The van der Waals surface area contributed by atoms with Crippen molar-refractivity contribution in [2.24, 2.45) is 0 Å². The molecule has 2 nitrogen and oxygen atoms in total. The van der Waals surface area contributed by atoms with E-state index >= 15 is 0 Å². The second kappa shape index (κ2) is 6.59. The summed E-state index contributed by atoms with van der Waals surface area (Å²) in [5.41, 5.74) is -0.608. The minimum atomic E-state index is -4.31. The maximum atomic E-state index is 12.9. The summed E-state index contributed by atoms with van der Waals surface area (Å²) >= 11 is 0. The molecule has 0 spiro atoms. The zero-order valence-electron chi connectivity index (χ0n) is 12.3. The molecule has 0 bridgehead atoms. The smallest absolute Gasteiger partial charge is 0.379 e. The first-order chi connectivity index (χ1) is 9.15. The number of halogens is 3. The molecule has 0 radical (unpaired) electrons. The summed E-state index contributed by atoms with van der Waals surface area (Å²) in [6, 6.07) is 5.70. The second-order valence-corrected chi connectivity index (χ2v) is 5.60. The van der Waals surface area contributed by atoms with Crippen molar-refractivity contribution in [3.8, 4) is 0 Å². The van der Waals surface area contributed by atoms with Gasteiger partial charge in [-0.05, 0) is 38.8 Å². The van der Waals surface area contributed by atoms with Crippen molar-refractivity contribution < 1.29 is 17.9 Å². The van der Waals surface area contributed by atoms with E-state index in [-0.39, 0.29) is 23.8 Å². The van der Waals surface area contributed by atoms with Crippen LogP contribution in [0.3, 0.4) is 0 Å². The van der Waals surface area contributed by atoms with Gasteiger partial charge in [-0.1, -0.05) is 18.2 Å². The van der Waals surface area contributed by atoms with Gasteiger partial charge in [-0.15, -0.1) is 0 Å². The fourth-order valence-electron chi connectivity index (χ4n) is 2.13. The van der Waals surface area contributed by atoms with Crippen molar-refractivity contribution in [2.75, 3.05) is 7.11 Å². The molecule has 0 saturated heterocycles. The third-order valence-electron chi connectivity index (χ3n) is 3.31. The van der Waals surface area contributed by atoms with Crippen LogP contribution in [0.15, 0.2) is 24.3 Å². The predicted octanol–water partition coefficient (Wildman–Crippen LogP) is 4.00. The Morgan fingerprint density at radius 1 is 1.20 bits per heavy atom. The molecule has 1 atom stereocenters. The Labute approximate surface area is 118 Å². The summed E-state index contributed by atoms with van der Waals surface area (Å²) in [7, 11) is 1.63. The molecule has 0 heterocycles. The van der Waals surface area contributed by atoms with Gasteiger partial charge in [0, 0.05) is 19.7 Å². The van der Waals surface area contributed by atoms with Crippen LogP contribution in [0.4, 0.5) is 13.2 Å². The summed E-state index contributed by atoms with van der Waals surface area (Å²) in [4.78, 5) is 0. The summed E-state index contributed by atoms with van der Waals surface area (Å²) in [6.45, 7) is 6.04. The van der Waals surface area contributed by atoms with Crippen LogP contribution in [-0.4, -0.2) is 18.8 Å². The van der Waals surface area contributed by atoms with E-state index in [1.54, 1.807) is 13.2 Å². The van der Waals surface area contributed by atoms with Gasteiger partial charge in [-0.2, -0.15) is 13.2 Å². The largest absolute Gasteiger partial charge is 0.416 e. The van der Waals surface area contributed by atoms with Crippen LogP contribution >= 0.6 is 0 Å². The maximum absolute atomic E-state index is 12.9. The van der Waals surface area contributed by atoms with E-state index in [1.807, 2.05) is 20.8 Å². The molecule has 1 rings (SSSR count). The fraction of sp³-hybridized carbons (Fsp3) is 0.600. The molecule has 0 aliphatic rings. The molecule has 5 heteroatoms. The Kier molecular flexibility index (Phi) is 5.59. The third-order valence-corrected chi connectivity index (χ3v) is 3.31. The number of ether oxygens (including phenoxy) is 1. The summed E-state index contributed by atoms with van der Waals surface area (Å²) < 4.78 is 43.9. The number of methoxy groups -OCH3 is 1. The summed E-state index contributed by atoms with van der Waals surface area (Å²) in [5.74, 6) is 0. The highest BCUT2D eigenvalue weighted by molar-refractivity contribution is 5.29. The molecule has 1 aromatic carbocycles. The van der Waals surface area contributed by atoms with Gasteiger partial charge in [0.15, 0.2) is 0 Å². The molecule has 1 unspecified atom stereocenters. The van der Waals surface area contributed by atoms with Crippen LogP contribution in [0.1, 0.15) is 38.3 Å². The van der Waals surface area contributed by atoms with Gasteiger partial charge in [0.05, 0.1) is 11.2 Å². The Bertz CT molecular complexity index is 429.